The lowest BCUT2D eigenvalue weighted by Crippen LogP contribution is -2.35. The molecular formula is C15H28N2OS. The van der Waals surface area contributed by atoms with Gasteiger partial charge in [-0.2, -0.15) is 0 Å². The molecule has 0 bridgehead atoms. The Morgan fingerprint density at radius 2 is 2.00 bits per heavy atom. The van der Waals surface area contributed by atoms with Crippen molar-refractivity contribution in [2.75, 3.05) is 19.7 Å². The molecule has 0 spiro atoms. The summed E-state index contributed by atoms with van der Waals surface area (Å²) in [7, 11) is 0. The summed E-state index contributed by atoms with van der Waals surface area (Å²) in [6.45, 7) is 13.7. The lowest BCUT2D eigenvalue weighted by Gasteiger charge is -2.22. The van der Waals surface area contributed by atoms with Gasteiger partial charge in [-0.3, -0.25) is 0 Å². The van der Waals surface area contributed by atoms with E-state index in [-0.39, 0.29) is 0 Å². The normalized spacial score (nSPS) is 13.4. The molecule has 0 aromatic carbocycles. The number of aryl methyl sites for hydroxylation is 1. The maximum absolute atomic E-state index is 6.03. The zero-order valence-corrected chi connectivity index (χ0v) is 13.7. The number of ether oxygens (including phenoxy) is 1. The highest BCUT2D eigenvalue weighted by Crippen LogP contribution is 2.14. The van der Waals surface area contributed by atoms with Crippen molar-refractivity contribution < 1.29 is 4.74 Å². The van der Waals surface area contributed by atoms with Gasteiger partial charge in [-0.15, -0.1) is 11.3 Å². The van der Waals surface area contributed by atoms with E-state index in [1.54, 1.807) is 11.3 Å². The lowest BCUT2D eigenvalue weighted by atomic mass is 10.1. The zero-order valence-electron chi connectivity index (χ0n) is 12.9. The van der Waals surface area contributed by atoms with E-state index in [0.29, 0.717) is 17.9 Å². The maximum atomic E-state index is 6.03. The fourth-order valence-electron chi connectivity index (χ4n) is 1.87. The molecule has 1 atom stereocenters. The van der Waals surface area contributed by atoms with Gasteiger partial charge in [0.25, 0.3) is 0 Å². The fraction of sp³-hybridized carbons (Fsp3) is 0.800. The topological polar surface area (TPSA) is 34.1 Å². The molecule has 0 fully saturated rings. The number of thiazole rings is 1. The molecule has 19 heavy (non-hydrogen) atoms. The van der Waals surface area contributed by atoms with Gasteiger partial charge in [0.05, 0.1) is 23.9 Å². The highest BCUT2D eigenvalue weighted by molar-refractivity contribution is 7.09. The summed E-state index contributed by atoms with van der Waals surface area (Å²) in [6, 6.07) is 0. The molecule has 4 heteroatoms. The van der Waals surface area contributed by atoms with Crippen LogP contribution >= 0.6 is 11.3 Å². The highest BCUT2D eigenvalue weighted by atomic mass is 32.1. The van der Waals surface area contributed by atoms with Gasteiger partial charge in [-0.05, 0) is 25.3 Å². The van der Waals surface area contributed by atoms with Crippen LogP contribution in [0.25, 0.3) is 0 Å². The highest BCUT2D eigenvalue weighted by Gasteiger charge is 2.14. The largest absolute Gasteiger partial charge is 0.376 e. The first-order valence-electron chi connectivity index (χ1n) is 7.22. The summed E-state index contributed by atoms with van der Waals surface area (Å²) < 4.78 is 6.03. The molecule has 1 heterocycles. The Hall–Kier alpha value is -0.450. The first-order chi connectivity index (χ1) is 9.00. The predicted molar refractivity (Wildman–Crippen MR) is 82.8 cm³/mol. The molecule has 0 amide bonds. The second-order valence-corrected chi connectivity index (χ2v) is 6.76. The molecule has 1 unspecified atom stereocenters. The van der Waals surface area contributed by atoms with E-state index < -0.39 is 0 Å². The Morgan fingerprint density at radius 3 is 2.53 bits per heavy atom. The minimum atomic E-state index is 0.298. The van der Waals surface area contributed by atoms with Crippen molar-refractivity contribution in [2.45, 2.75) is 47.1 Å². The standard InChI is InChI=1S/C15H28N2OS/c1-11(2)8-16-9-14(12(3)4)18-7-6-15-13(5)17-10-19-15/h10-12,14,16H,6-9H2,1-5H3. The van der Waals surface area contributed by atoms with Gasteiger partial charge in [0.2, 0.25) is 0 Å². The van der Waals surface area contributed by atoms with Gasteiger partial charge in [0.1, 0.15) is 0 Å². The monoisotopic (exact) mass is 284 g/mol. The van der Waals surface area contributed by atoms with E-state index in [2.05, 4.69) is 44.9 Å². The van der Waals surface area contributed by atoms with E-state index >= 15 is 0 Å². The fourth-order valence-corrected chi connectivity index (χ4v) is 2.63. The quantitative estimate of drug-likeness (QED) is 0.755. The van der Waals surface area contributed by atoms with Crippen LogP contribution < -0.4 is 5.32 Å². The lowest BCUT2D eigenvalue weighted by molar-refractivity contribution is 0.0246. The minimum absolute atomic E-state index is 0.298. The Bertz CT molecular complexity index is 350. The van der Waals surface area contributed by atoms with Gasteiger partial charge in [0, 0.05) is 17.8 Å². The van der Waals surface area contributed by atoms with E-state index in [1.807, 2.05) is 5.51 Å². The van der Waals surface area contributed by atoms with Crippen molar-refractivity contribution in [2.24, 2.45) is 11.8 Å². The summed E-state index contributed by atoms with van der Waals surface area (Å²) in [5.74, 6) is 1.23. The molecular weight excluding hydrogens is 256 g/mol. The van der Waals surface area contributed by atoms with Crippen LogP contribution in [0.2, 0.25) is 0 Å². The Morgan fingerprint density at radius 1 is 1.26 bits per heavy atom. The minimum Gasteiger partial charge on any atom is -0.376 e. The summed E-state index contributed by atoms with van der Waals surface area (Å²) in [5.41, 5.74) is 3.06. The molecule has 0 aliphatic rings. The third-order valence-corrected chi connectivity index (χ3v) is 4.14. The summed E-state index contributed by atoms with van der Waals surface area (Å²) in [4.78, 5) is 5.61. The second-order valence-electron chi connectivity index (χ2n) is 5.82. The van der Waals surface area contributed by atoms with Crippen molar-refractivity contribution in [3.63, 3.8) is 0 Å². The van der Waals surface area contributed by atoms with Crippen LogP contribution in [0.15, 0.2) is 5.51 Å². The molecule has 1 aromatic heterocycles. The van der Waals surface area contributed by atoms with E-state index in [9.17, 15) is 0 Å². The van der Waals surface area contributed by atoms with E-state index in [0.717, 1.165) is 31.8 Å². The number of aromatic nitrogens is 1. The van der Waals surface area contributed by atoms with Crippen LogP contribution in [0.5, 0.6) is 0 Å². The number of nitrogens with zero attached hydrogens (tertiary/aromatic N) is 1. The third kappa shape index (κ3) is 6.50. The van der Waals surface area contributed by atoms with Gasteiger partial charge < -0.3 is 10.1 Å². The molecule has 110 valence electrons. The third-order valence-electron chi connectivity index (χ3n) is 3.15. The predicted octanol–water partition coefficient (Wildman–Crippen LogP) is 3.28. The van der Waals surface area contributed by atoms with Crippen molar-refractivity contribution in [1.82, 2.24) is 10.3 Å². The van der Waals surface area contributed by atoms with Crippen LogP contribution in [0.1, 0.15) is 38.3 Å². The van der Waals surface area contributed by atoms with Crippen LogP contribution in [0.4, 0.5) is 0 Å². The number of nitrogens with one attached hydrogen (secondary N) is 1. The van der Waals surface area contributed by atoms with E-state index in [4.69, 9.17) is 4.74 Å². The summed E-state index contributed by atoms with van der Waals surface area (Å²) in [5, 5.41) is 3.49. The van der Waals surface area contributed by atoms with E-state index in [1.165, 1.54) is 4.88 Å². The van der Waals surface area contributed by atoms with Crippen molar-refractivity contribution in [3.8, 4) is 0 Å². The van der Waals surface area contributed by atoms with Crippen LogP contribution in [0.3, 0.4) is 0 Å². The second kappa shape index (κ2) is 8.67. The summed E-state index contributed by atoms with van der Waals surface area (Å²) >= 11 is 1.72. The molecule has 0 saturated heterocycles. The van der Waals surface area contributed by atoms with Crippen molar-refractivity contribution in [3.05, 3.63) is 16.1 Å². The SMILES string of the molecule is Cc1ncsc1CCOC(CNCC(C)C)C(C)C. The van der Waals surface area contributed by atoms with Crippen LogP contribution in [0, 0.1) is 18.8 Å². The first kappa shape index (κ1) is 16.6. The smallest absolute Gasteiger partial charge is 0.0797 e. The first-order valence-corrected chi connectivity index (χ1v) is 8.10. The molecule has 0 aliphatic carbocycles. The van der Waals surface area contributed by atoms with Crippen LogP contribution in [-0.2, 0) is 11.2 Å². The number of rotatable bonds is 9. The zero-order chi connectivity index (χ0) is 14.3. The van der Waals surface area contributed by atoms with Crippen LogP contribution in [-0.4, -0.2) is 30.8 Å². The Kier molecular flexibility index (Phi) is 7.57. The molecule has 1 rings (SSSR count). The molecule has 0 saturated carbocycles. The number of hydrogen-bond acceptors (Lipinski definition) is 4. The molecule has 0 aliphatic heterocycles. The average Bonchev–Trinajstić information content (AvgIpc) is 2.72. The summed E-state index contributed by atoms with van der Waals surface area (Å²) in [6.07, 6.45) is 1.27. The molecule has 0 radical (unpaired) electrons. The molecule has 3 nitrogen and oxygen atoms in total. The van der Waals surface area contributed by atoms with Gasteiger partial charge in [-0.25, -0.2) is 4.98 Å². The molecule has 1 N–H and O–H groups in total. The van der Waals surface area contributed by atoms with Crippen molar-refractivity contribution in [1.29, 1.82) is 0 Å². The number of hydrogen-bond donors (Lipinski definition) is 1. The van der Waals surface area contributed by atoms with Gasteiger partial charge in [0.15, 0.2) is 0 Å². The Balaban J connectivity index is 2.27. The van der Waals surface area contributed by atoms with Crippen molar-refractivity contribution >= 4 is 11.3 Å². The molecule has 1 aromatic rings. The van der Waals surface area contributed by atoms with Gasteiger partial charge >= 0.3 is 0 Å². The van der Waals surface area contributed by atoms with Gasteiger partial charge in [-0.1, -0.05) is 27.7 Å². The Labute approximate surface area is 121 Å². The average molecular weight is 284 g/mol. The maximum Gasteiger partial charge on any atom is 0.0797 e.